The highest BCUT2D eigenvalue weighted by Crippen LogP contribution is 2.38. The van der Waals surface area contributed by atoms with Crippen molar-refractivity contribution in [2.75, 3.05) is 79.9 Å². The number of fused-ring (bicyclic) bond motifs is 2. The summed E-state index contributed by atoms with van der Waals surface area (Å²) in [5, 5.41) is 16.3. The van der Waals surface area contributed by atoms with Crippen LogP contribution in [-0.4, -0.2) is 82.9 Å². The van der Waals surface area contributed by atoms with Crippen molar-refractivity contribution in [2.24, 2.45) is 0 Å². The molecular formula is C28H33N7O2S. The molecule has 0 radical (unpaired) electrons. The second-order valence-corrected chi connectivity index (χ2v) is 12.2. The molecule has 198 valence electrons. The Balaban J connectivity index is 1.42. The highest BCUT2D eigenvalue weighted by atomic mass is 32.2. The third kappa shape index (κ3) is 4.55. The number of nitriles is 1. The molecule has 0 unspecified atom stereocenters. The molecule has 0 atom stereocenters. The van der Waals surface area contributed by atoms with Crippen molar-refractivity contribution in [3.8, 4) is 6.07 Å². The molecule has 3 aliphatic heterocycles. The molecule has 0 spiro atoms. The van der Waals surface area contributed by atoms with Crippen molar-refractivity contribution in [3.63, 3.8) is 0 Å². The van der Waals surface area contributed by atoms with Gasteiger partial charge in [-0.2, -0.15) is 9.57 Å². The molecule has 1 aromatic heterocycles. The summed E-state index contributed by atoms with van der Waals surface area (Å²) in [6, 6.07) is 17.4. The van der Waals surface area contributed by atoms with Crippen molar-refractivity contribution in [1.82, 2.24) is 14.6 Å². The van der Waals surface area contributed by atoms with Crippen LogP contribution in [0.25, 0.3) is 10.8 Å². The Morgan fingerprint density at radius 1 is 0.842 bits per heavy atom. The molecule has 2 fully saturated rings. The van der Waals surface area contributed by atoms with Gasteiger partial charge in [0.2, 0.25) is 10.0 Å². The molecule has 2 saturated heterocycles. The van der Waals surface area contributed by atoms with Crippen molar-refractivity contribution in [1.29, 1.82) is 5.26 Å². The van der Waals surface area contributed by atoms with Gasteiger partial charge in [0.05, 0.1) is 11.8 Å². The van der Waals surface area contributed by atoms with E-state index in [0.717, 1.165) is 50.5 Å². The van der Waals surface area contributed by atoms with E-state index in [4.69, 9.17) is 4.98 Å². The van der Waals surface area contributed by atoms with Crippen LogP contribution in [0.3, 0.4) is 0 Å². The third-order valence-corrected chi connectivity index (χ3v) is 9.30. The van der Waals surface area contributed by atoms with E-state index < -0.39 is 10.0 Å². The molecule has 0 saturated carbocycles. The summed E-state index contributed by atoms with van der Waals surface area (Å²) in [7, 11) is -3.24. The van der Waals surface area contributed by atoms with E-state index in [9.17, 15) is 13.7 Å². The molecule has 0 amide bonds. The standard InChI is InChI=1S/C28H33N7O2S/c1-38(36,37)35-17-15-33(16-18-35)28-24(19-29)25-20-34(26-8-4-6-21-5-2-3-7-22(21)26)12-9-23(25)27(31-28)32-13-10-30-11-14-32/h2-8,30H,9-18,20H2,1H3. The Kier molecular flexibility index (Phi) is 6.60. The van der Waals surface area contributed by atoms with E-state index in [2.05, 4.69) is 68.6 Å². The number of hydrogen-bond acceptors (Lipinski definition) is 8. The maximum absolute atomic E-state index is 12.1. The minimum absolute atomic E-state index is 0.396. The van der Waals surface area contributed by atoms with Crippen molar-refractivity contribution in [3.05, 3.63) is 59.2 Å². The van der Waals surface area contributed by atoms with E-state index >= 15 is 0 Å². The zero-order valence-corrected chi connectivity index (χ0v) is 22.5. The number of nitrogens with zero attached hydrogens (tertiary/aromatic N) is 6. The predicted octanol–water partition coefficient (Wildman–Crippen LogP) is 2.16. The fraction of sp³-hybridized carbons (Fsp3) is 0.429. The number of pyridine rings is 1. The van der Waals surface area contributed by atoms with Gasteiger partial charge in [0.25, 0.3) is 0 Å². The van der Waals surface area contributed by atoms with Crippen molar-refractivity contribution >= 4 is 38.1 Å². The van der Waals surface area contributed by atoms with Gasteiger partial charge in [0, 0.05) is 82.1 Å². The first-order valence-corrected chi connectivity index (χ1v) is 15.1. The van der Waals surface area contributed by atoms with Crippen molar-refractivity contribution in [2.45, 2.75) is 13.0 Å². The third-order valence-electron chi connectivity index (χ3n) is 7.99. The molecular weight excluding hydrogens is 498 g/mol. The molecule has 3 aliphatic rings. The fourth-order valence-electron chi connectivity index (χ4n) is 6.00. The molecule has 6 rings (SSSR count). The number of aromatic nitrogens is 1. The minimum atomic E-state index is -3.24. The second-order valence-electron chi connectivity index (χ2n) is 10.3. The number of sulfonamides is 1. The first kappa shape index (κ1) is 24.9. The smallest absolute Gasteiger partial charge is 0.211 e. The topological polar surface area (TPSA) is 95.8 Å². The molecule has 4 heterocycles. The summed E-state index contributed by atoms with van der Waals surface area (Å²) in [4.78, 5) is 12.0. The number of rotatable bonds is 4. The van der Waals surface area contributed by atoms with Crippen LogP contribution in [0, 0.1) is 11.3 Å². The Hall–Kier alpha value is -3.39. The number of nitrogens with one attached hydrogen (secondary N) is 1. The van der Waals surface area contributed by atoms with Gasteiger partial charge in [0.15, 0.2) is 0 Å². The number of piperazine rings is 2. The Morgan fingerprint density at radius 3 is 2.29 bits per heavy atom. The average molecular weight is 532 g/mol. The number of benzene rings is 2. The van der Waals surface area contributed by atoms with Crippen molar-refractivity contribution < 1.29 is 8.42 Å². The maximum atomic E-state index is 12.1. The lowest BCUT2D eigenvalue weighted by atomic mass is 9.94. The molecule has 38 heavy (non-hydrogen) atoms. The first-order valence-electron chi connectivity index (χ1n) is 13.3. The van der Waals surface area contributed by atoms with Gasteiger partial charge >= 0.3 is 0 Å². The molecule has 0 aliphatic carbocycles. The van der Waals surface area contributed by atoms with Gasteiger partial charge in [-0.3, -0.25) is 0 Å². The molecule has 10 heteroatoms. The highest BCUT2D eigenvalue weighted by Gasteiger charge is 2.32. The van der Waals surface area contributed by atoms with Crippen LogP contribution < -0.4 is 20.0 Å². The number of hydrogen-bond donors (Lipinski definition) is 1. The van der Waals surface area contributed by atoms with Crippen LogP contribution >= 0.6 is 0 Å². The van der Waals surface area contributed by atoms with E-state index in [1.165, 1.54) is 32.6 Å². The molecule has 0 bridgehead atoms. The van der Waals surface area contributed by atoms with Crippen LogP contribution in [0.5, 0.6) is 0 Å². The Bertz CT molecular complexity index is 1500. The summed E-state index contributed by atoms with van der Waals surface area (Å²) in [5.74, 6) is 1.67. The predicted molar refractivity (Wildman–Crippen MR) is 151 cm³/mol. The van der Waals surface area contributed by atoms with E-state index in [1.807, 2.05) is 0 Å². The van der Waals surface area contributed by atoms with Gasteiger partial charge in [-0.05, 0) is 23.4 Å². The molecule has 9 nitrogen and oxygen atoms in total. The van der Waals surface area contributed by atoms with Gasteiger partial charge in [-0.1, -0.05) is 36.4 Å². The summed E-state index contributed by atoms with van der Waals surface area (Å²) in [5.41, 5.74) is 4.03. The van der Waals surface area contributed by atoms with E-state index in [-0.39, 0.29) is 0 Å². The number of anilines is 3. The Morgan fingerprint density at radius 2 is 1.55 bits per heavy atom. The molecule has 1 N–H and O–H groups in total. The second kappa shape index (κ2) is 10.1. The lowest BCUT2D eigenvalue weighted by Gasteiger charge is -2.39. The van der Waals surface area contributed by atoms with Crippen LogP contribution in [0.4, 0.5) is 17.3 Å². The molecule has 3 aromatic rings. The van der Waals surface area contributed by atoms with Crippen LogP contribution in [0.15, 0.2) is 42.5 Å². The van der Waals surface area contributed by atoms with Gasteiger partial charge in [-0.25, -0.2) is 13.4 Å². The normalized spacial score (nSPS) is 18.9. The average Bonchev–Trinajstić information content (AvgIpc) is 2.95. The monoisotopic (exact) mass is 531 g/mol. The van der Waals surface area contributed by atoms with Crippen LogP contribution in [0.2, 0.25) is 0 Å². The summed E-state index contributed by atoms with van der Waals surface area (Å²) < 4.78 is 25.7. The zero-order valence-electron chi connectivity index (χ0n) is 21.7. The summed E-state index contributed by atoms with van der Waals surface area (Å²) in [6.45, 7) is 6.88. The van der Waals surface area contributed by atoms with E-state index in [1.54, 1.807) is 0 Å². The highest BCUT2D eigenvalue weighted by molar-refractivity contribution is 7.88. The minimum Gasteiger partial charge on any atom is -0.366 e. The van der Waals surface area contributed by atoms with Crippen LogP contribution in [-0.2, 0) is 23.0 Å². The zero-order chi connectivity index (χ0) is 26.3. The summed E-state index contributed by atoms with van der Waals surface area (Å²) in [6.07, 6.45) is 2.08. The SMILES string of the molecule is CS(=O)(=O)N1CCN(c2nc(N3CCNCC3)c3c(c2C#N)CN(c2cccc4ccccc24)CC3)CC1. The quantitative estimate of drug-likeness (QED) is 0.547. The lowest BCUT2D eigenvalue weighted by molar-refractivity contribution is 0.386. The van der Waals surface area contributed by atoms with Gasteiger partial charge in [0.1, 0.15) is 17.7 Å². The maximum Gasteiger partial charge on any atom is 0.211 e. The largest absolute Gasteiger partial charge is 0.366 e. The Labute approximate surface area is 224 Å². The van der Waals surface area contributed by atoms with E-state index in [0.29, 0.717) is 44.1 Å². The first-order chi connectivity index (χ1) is 18.4. The fourth-order valence-corrected chi connectivity index (χ4v) is 6.83. The van der Waals surface area contributed by atoms with Gasteiger partial charge < -0.3 is 20.0 Å². The van der Waals surface area contributed by atoms with Crippen LogP contribution in [0.1, 0.15) is 16.7 Å². The lowest BCUT2D eigenvalue weighted by Crippen LogP contribution is -2.49. The van der Waals surface area contributed by atoms with Gasteiger partial charge in [-0.15, -0.1) is 0 Å². The summed E-state index contributed by atoms with van der Waals surface area (Å²) >= 11 is 0. The molecule has 2 aromatic carbocycles.